The van der Waals surface area contributed by atoms with Gasteiger partial charge in [-0.25, -0.2) is 4.98 Å². The van der Waals surface area contributed by atoms with Gasteiger partial charge in [0.15, 0.2) is 11.6 Å². The molecule has 0 aliphatic rings. The first kappa shape index (κ1) is 16.8. The van der Waals surface area contributed by atoms with Gasteiger partial charge in [-0.1, -0.05) is 40.6 Å². The number of hydrogen-bond donors (Lipinski definition) is 2. The van der Waals surface area contributed by atoms with E-state index < -0.39 is 0 Å². The van der Waals surface area contributed by atoms with Gasteiger partial charge in [0.25, 0.3) is 0 Å². The first-order valence-electron chi connectivity index (χ1n) is 8.46. The van der Waals surface area contributed by atoms with E-state index in [4.69, 9.17) is 9.05 Å². The van der Waals surface area contributed by atoms with E-state index in [0.717, 1.165) is 22.7 Å². The lowest BCUT2D eigenvalue weighted by Crippen LogP contribution is -2.06. The highest BCUT2D eigenvalue weighted by Gasteiger charge is 2.09. The normalized spacial score (nSPS) is 10.7. The summed E-state index contributed by atoms with van der Waals surface area (Å²) in [5, 5.41) is 14.3. The van der Waals surface area contributed by atoms with Gasteiger partial charge in [0.2, 0.25) is 5.95 Å². The molecule has 136 valence electrons. The van der Waals surface area contributed by atoms with Crippen LogP contribution in [-0.4, -0.2) is 20.3 Å². The van der Waals surface area contributed by atoms with Crippen molar-refractivity contribution in [1.29, 1.82) is 0 Å². The van der Waals surface area contributed by atoms with Crippen LogP contribution in [0.25, 0.3) is 11.3 Å². The van der Waals surface area contributed by atoms with E-state index in [1.807, 2.05) is 56.3 Å². The van der Waals surface area contributed by atoms with E-state index in [2.05, 4.69) is 30.9 Å². The fraction of sp³-hybridized carbons (Fsp3) is 0.158. The minimum Gasteiger partial charge on any atom is -0.360 e. The summed E-state index contributed by atoms with van der Waals surface area (Å²) in [4.78, 5) is 8.83. The van der Waals surface area contributed by atoms with Crippen LogP contribution in [0.15, 0.2) is 57.6 Å². The van der Waals surface area contributed by atoms with Gasteiger partial charge in [-0.2, -0.15) is 4.98 Å². The Hall–Kier alpha value is -3.68. The summed E-state index contributed by atoms with van der Waals surface area (Å²) in [5.74, 6) is 3.12. The maximum absolute atomic E-state index is 5.39. The molecule has 3 heterocycles. The van der Waals surface area contributed by atoms with E-state index in [1.54, 1.807) is 6.07 Å². The van der Waals surface area contributed by atoms with Crippen LogP contribution in [-0.2, 0) is 6.54 Å². The number of rotatable bonds is 6. The highest BCUT2D eigenvalue weighted by Crippen LogP contribution is 2.20. The molecule has 0 unspecified atom stereocenters. The fourth-order valence-corrected chi connectivity index (χ4v) is 2.58. The topological polar surface area (TPSA) is 102 Å². The highest BCUT2D eigenvalue weighted by atomic mass is 16.5. The molecular formula is C19H18N6O2. The van der Waals surface area contributed by atoms with Gasteiger partial charge in [-0.05, 0) is 13.8 Å². The van der Waals surface area contributed by atoms with Crippen LogP contribution >= 0.6 is 0 Å². The van der Waals surface area contributed by atoms with E-state index in [1.165, 1.54) is 0 Å². The number of benzene rings is 1. The Morgan fingerprint density at radius 1 is 0.889 bits per heavy atom. The standard InChI is InChI=1S/C19H18N6O2/c1-12-8-17(22-18-9-13(2)26-25-18)23-19(21-12)20-11-15-10-16(24-27-15)14-6-4-3-5-7-14/h3-10H,11H2,1-2H3,(H2,20,21,22,23,25). The van der Waals surface area contributed by atoms with Crippen LogP contribution in [0.1, 0.15) is 17.2 Å². The van der Waals surface area contributed by atoms with Crippen molar-refractivity contribution in [2.75, 3.05) is 10.6 Å². The Bertz CT molecular complexity index is 1040. The zero-order valence-electron chi connectivity index (χ0n) is 14.9. The van der Waals surface area contributed by atoms with Crippen molar-refractivity contribution in [3.63, 3.8) is 0 Å². The van der Waals surface area contributed by atoms with Gasteiger partial charge < -0.3 is 19.7 Å². The second-order valence-corrected chi connectivity index (χ2v) is 6.06. The summed E-state index contributed by atoms with van der Waals surface area (Å²) in [6, 6.07) is 15.4. The van der Waals surface area contributed by atoms with Crippen LogP contribution < -0.4 is 10.6 Å². The van der Waals surface area contributed by atoms with Crippen molar-refractivity contribution < 1.29 is 9.05 Å². The Kier molecular flexibility index (Phi) is 4.52. The predicted molar refractivity (Wildman–Crippen MR) is 101 cm³/mol. The Morgan fingerprint density at radius 3 is 2.52 bits per heavy atom. The summed E-state index contributed by atoms with van der Waals surface area (Å²) < 4.78 is 10.4. The first-order chi connectivity index (χ1) is 13.2. The van der Waals surface area contributed by atoms with Gasteiger partial charge in [-0.15, -0.1) is 0 Å². The lowest BCUT2D eigenvalue weighted by Gasteiger charge is -2.07. The summed E-state index contributed by atoms with van der Waals surface area (Å²) in [6.45, 7) is 4.15. The maximum Gasteiger partial charge on any atom is 0.225 e. The summed E-state index contributed by atoms with van der Waals surface area (Å²) >= 11 is 0. The molecule has 3 aromatic heterocycles. The molecule has 8 nitrogen and oxygen atoms in total. The van der Waals surface area contributed by atoms with Crippen molar-refractivity contribution in [1.82, 2.24) is 20.3 Å². The molecule has 27 heavy (non-hydrogen) atoms. The number of anilines is 3. The van der Waals surface area contributed by atoms with Gasteiger partial charge >= 0.3 is 0 Å². The lowest BCUT2D eigenvalue weighted by molar-refractivity contribution is 0.390. The van der Waals surface area contributed by atoms with Crippen molar-refractivity contribution >= 4 is 17.6 Å². The number of nitrogens with zero attached hydrogens (tertiary/aromatic N) is 4. The van der Waals surface area contributed by atoms with Gasteiger partial charge in [0, 0.05) is 29.5 Å². The van der Waals surface area contributed by atoms with Crippen LogP contribution in [0.2, 0.25) is 0 Å². The van der Waals surface area contributed by atoms with Crippen molar-refractivity contribution in [3.05, 3.63) is 65.7 Å². The second-order valence-electron chi connectivity index (χ2n) is 6.06. The molecule has 4 aromatic rings. The average Bonchev–Trinajstić information content (AvgIpc) is 3.29. The van der Waals surface area contributed by atoms with Crippen molar-refractivity contribution in [2.45, 2.75) is 20.4 Å². The Balaban J connectivity index is 1.44. The Labute approximate surface area is 155 Å². The summed E-state index contributed by atoms with van der Waals surface area (Å²) in [5.41, 5.74) is 2.62. The molecular weight excluding hydrogens is 344 g/mol. The molecule has 0 aliphatic heterocycles. The smallest absolute Gasteiger partial charge is 0.225 e. The number of aromatic nitrogens is 4. The molecule has 0 amide bonds. The number of nitrogens with one attached hydrogen (secondary N) is 2. The van der Waals surface area contributed by atoms with Gasteiger partial charge in [-0.3, -0.25) is 0 Å². The molecule has 0 saturated heterocycles. The number of hydrogen-bond acceptors (Lipinski definition) is 8. The van der Waals surface area contributed by atoms with Gasteiger partial charge in [0.1, 0.15) is 17.3 Å². The van der Waals surface area contributed by atoms with Crippen LogP contribution in [0.4, 0.5) is 17.6 Å². The SMILES string of the molecule is Cc1cc(Nc2cc(C)on2)nc(NCc2cc(-c3ccccc3)no2)n1. The zero-order chi connectivity index (χ0) is 18.6. The summed E-state index contributed by atoms with van der Waals surface area (Å²) in [6.07, 6.45) is 0. The third-order valence-corrected chi connectivity index (χ3v) is 3.79. The Morgan fingerprint density at radius 2 is 1.74 bits per heavy atom. The minimum atomic E-state index is 0.422. The molecule has 0 radical (unpaired) electrons. The van der Waals surface area contributed by atoms with E-state index in [9.17, 15) is 0 Å². The molecule has 0 bridgehead atoms. The molecule has 0 atom stereocenters. The van der Waals surface area contributed by atoms with E-state index in [0.29, 0.717) is 29.9 Å². The van der Waals surface area contributed by atoms with Gasteiger partial charge in [0.05, 0.1) is 6.54 Å². The molecule has 0 saturated carbocycles. The van der Waals surface area contributed by atoms with Crippen LogP contribution in [0, 0.1) is 13.8 Å². The molecule has 4 rings (SSSR count). The molecule has 1 aromatic carbocycles. The lowest BCUT2D eigenvalue weighted by atomic mass is 10.1. The predicted octanol–water partition coefficient (Wildman–Crippen LogP) is 4.09. The maximum atomic E-state index is 5.39. The molecule has 0 fully saturated rings. The monoisotopic (exact) mass is 362 g/mol. The first-order valence-corrected chi connectivity index (χ1v) is 8.46. The second kappa shape index (κ2) is 7.28. The number of aryl methyl sites for hydroxylation is 2. The quantitative estimate of drug-likeness (QED) is 0.529. The molecule has 8 heteroatoms. The molecule has 2 N–H and O–H groups in total. The largest absolute Gasteiger partial charge is 0.360 e. The van der Waals surface area contributed by atoms with Crippen molar-refractivity contribution in [3.8, 4) is 11.3 Å². The fourth-order valence-electron chi connectivity index (χ4n) is 2.58. The van der Waals surface area contributed by atoms with Crippen LogP contribution in [0.3, 0.4) is 0 Å². The zero-order valence-corrected chi connectivity index (χ0v) is 14.9. The average molecular weight is 362 g/mol. The third-order valence-electron chi connectivity index (χ3n) is 3.79. The third kappa shape index (κ3) is 4.12. The molecule has 0 spiro atoms. The molecule has 0 aliphatic carbocycles. The van der Waals surface area contributed by atoms with E-state index in [-0.39, 0.29) is 0 Å². The minimum absolute atomic E-state index is 0.422. The van der Waals surface area contributed by atoms with E-state index >= 15 is 0 Å². The van der Waals surface area contributed by atoms with Crippen LogP contribution in [0.5, 0.6) is 0 Å². The highest BCUT2D eigenvalue weighted by molar-refractivity contribution is 5.58. The van der Waals surface area contributed by atoms with Crippen molar-refractivity contribution in [2.24, 2.45) is 0 Å². The summed E-state index contributed by atoms with van der Waals surface area (Å²) in [7, 11) is 0.